The zero-order chi connectivity index (χ0) is 12.8. The van der Waals surface area contributed by atoms with Crippen molar-refractivity contribution < 1.29 is 9.47 Å². The number of benzene rings is 1. The first-order chi connectivity index (χ1) is 8.78. The van der Waals surface area contributed by atoms with Gasteiger partial charge in [-0.25, -0.2) is 0 Å². The Labute approximate surface area is 108 Å². The molecule has 0 radical (unpaired) electrons. The fourth-order valence-electron chi connectivity index (χ4n) is 2.43. The maximum absolute atomic E-state index is 9.37. The standard InChI is InChI=1S/C15H19NO2/c1-17-13-6-5-7-14(10-13)18-12-15(11-16)8-3-2-4-9-15/h5-7,10H,2-4,8-9,12H2,1H3. The Kier molecular flexibility index (Phi) is 4.09. The summed E-state index contributed by atoms with van der Waals surface area (Å²) in [6.45, 7) is 0.483. The Morgan fingerprint density at radius 1 is 1.22 bits per heavy atom. The topological polar surface area (TPSA) is 42.2 Å². The van der Waals surface area contributed by atoms with Crippen LogP contribution in [0.2, 0.25) is 0 Å². The van der Waals surface area contributed by atoms with E-state index in [-0.39, 0.29) is 5.41 Å². The van der Waals surface area contributed by atoms with Crippen molar-refractivity contribution in [3.8, 4) is 17.6 Å². The van der Waals surface area contributed by atoms with Crippen molar-refractivity contribution in [2.24, 2.45) is 5.41 Å². The predicted octanol–water partition coefficient (Wildman–Crippen LogP) is 3.55. The second-order valence-corrected chi connectivity index (χ2v) is 4.92. The van der Waals surface area contributed by atoms with Gasteiger partial charge in [-0.2, -0.15) is 5.26 Å². The number of hydrogen-bond acceptors (Lipinski definition) is 3. The van der Waals surface area contributed by atoms with Crippen LogP contribution in [-0.2, 0) is 0 Å². The molecule has 0 spiro atoms. The van der Waals surface area contributed by atoms with E-state index in [0.717, 1.165) is 37.2 Å². The summed E-state index contributed by atoms with van der Waals surface area (Å²) in [5.41, 5.74) is -0.290. The van der Waals surface area contributed by atoms with Crippen molar-refractivity contribution in [1.29, 1.82) is 5.26 Å². The molecule has 0 saturated heterocycles. The molecule has 0 unspecified atom stereocenters. The van der Waals surface area contributed by atoms with E-state index in [2.05, 4.69) is 6.07 Å². The molecule has 0 atom stereocenters. The van der Waals surface area contributed by atoms with Gasteiger partial charge in [0.2, 0.25) is 0 Å². The van der Waals surface area contributed by atoms with E-state index < -0.39 is 0 Å². The van der Waals surface area contributed by atoms with Crippen molar-refractivity contribution in [2.45, 2.75) is 32.1 Å². The molecule has 0 amide bonds. The largest absolute Gasteiger partial charge is 0.497 e. The molecule has 0 heterocycles. The summed E-state index contributed by atoms with van der Waals surface area (Å²) < 4.78 is 10.9. The van der Waals surface area contributed by atoms with Gasteiger partial charge in [0, 0.05) is 6.07 Å². The molecule has 1 aromatic rings. The molecule has 1 aliphatic rings. The molecule has 0 N–H and O–H groups in total. The van der Waals surface area contributed by atoms with Gasteiger partial charge < -0.3 is 9.47 Å². The van der Waals surface area contributed by atoms with Gasteiger partial charge in [-0.15, -0.1) is 0 Å². The summed E-state index contributed by atoms with van der Waals surface area (Å²) in [6.07, 6.45) is 5.41. The Morgan fingerprint density at radius 3 is 2.61 bits per heavy atom. The highest BCUT2D eigenvalue weighted by atomic mass is 16.5. The minimum absolute atomic E-state index is 0.290. The molecule has 0 aliphatic heterocycles. The van der Waals surface area contributed by atoms with Crippen LogP contribution in [0.15, 0.2) is 24.3 Å². The van der Waals surface area contributed by atoms with E-state index in [1.165, 1.54) is 6.42 Å². The van der Waals surface area contributed by atoms with Crippen LogP contribution in [-0.4, -0.2) is 13.7 Å². The van der Waals surface area contributed by atoms with Crippen LogP contribution in [0, 0.1) is 16.7 Å². The highest BCUT2D eigenvalue weighted by Crippen LogP contribution is 2.36. The normalized spacial score (nSPS) is 17.8. The Balaban J connectivity index is 1.99. The molecule has 1 saturated carbocycles. The average Bonchev–Trinajstić information content (AvgIpc) is 2.46. The molecule has 0 aromatic heterocycles. The molecule has 96 valence electrons. The van der Waals surface area contributed by atoms with E-state index in [1.54, 1.807) is 7.11 Å². The molecule has 1 fully saturated rings. The van der Waals surface area contributed by atoms with Crippen LogP contribution in [0.3, 0.4) is 0 Å². The van der Waals surface area contributed by atoms with Gasteiger partial charge in [0.15, 0.2) is 0 Å². The first-order valence-electron chi connectivity index (χ1n) is 6.46. The zero-order valence-corrected chi connectivity index (χ0v) is 10.8. The Morgan fingerprint density at radius 2 is 1.94 bits per heavy atom. The lowest BCUT2D eigenvalue weighted by Gasteiger charge is -2.30. The maximum Gasteiger partial charge on any atom is 0.123 e. The van der Waals surface area contributed by atoms with Crippen LogP contribution in [0.1, 0.15) is 32.1 Å². The number of ether oxygens (including phenoxy) is 2. The van der Waals surface area contributed by atoms with Crippen LogP contribution in [0.5, 0.6) is 11.5 Å². The van der Waals surface area contributed by atoms with Gasteiger partial charge >= 0.3 is 0 Å². The summed E-state index contributed by atoms with van der Waals surface area (Å²) in [4.78, 5) is 0. The smallest absolute Gasteiger partial charge is 0.123 e. The highest BCUT2D eigenvalue weighted by Gasteiger charge is 2.32. The third-order valence-electron chi connectivity index (χ3n) is 3.60. The van der Waals surface area contributed by atoms with E-state index >= 15 is 0 Å². The van der Waals surface area contributed by atoms with Crippen LogP contribution in [0.4, 0.5) is 0 Å². The summed E-state index contributed by atoms with van der Waals surface area (Å²) in [6, 6.07) is 9.99. The van der Waals surface area contributed by atoms with Crippen LogP contribution >= 0.6 is 0 Å². The van der Waals surface area contributed by atoms with Gasteiger partial charge in [0.05, 0.1) is 18.6 Å². The van der Waals surface area contributed by atoms with Crippen molar-refractivity contribution in [2.75, 3.05) is 13.7 Å². The second kappa shape index (κ2) is 5.77. The minimum Gasteiger partial charge on any atom is -0.497 e. The molecule has 1 aliphatic carbocycles. The Bertz CT molecular complexity index is 430. The summed E-state index contributed by atoms with van der Waals surface area (Å²) >= 11 is 0. The summed E-state index contributed by atoms with van der Waals surface area (Å²) in [7, 11) is 1.64. The fourth-order valence-corrected chi connectivity index (χ4v) is 2.43. The van der Waals surface area contributed by atoms with Gasteiger partial charge in [-0.1, -0.05) is 25.3 Å². The molecule has 3 heteroatoms. The quantitative estimate of drug-likeness (QED) is 0.814. The molecule has 1 aromatic carbocycles. The van der Waals surface area contributed by atoms with Crippen molar-refractivity contribution in [3.63, 3.8) is 0 Å². The van der Waals surface area contributed by atoms with E-state index in [1.807, 2.05) is 24.3 Å². The fraction of sp³-hybridized carbons (Fsp3) is 0.533. The third kappa shape index (κ3) is 2.95. The van der Waals surface area contributed by atoms with Gasteiger partial charge in [0.1, 0.15) is 18.1 Å². The van der Waals surface area contributed by atoms with Crippen LogP contribution in [0.25, 0.3) is 0 Å². The van der Waals surface area contributed by atoms with E-state index in [9.17, 15) is 5.26 Å². The lowest BCUT2D eigenvalue weighted by molar-refractivity contribution is 0.150. The summed E-state index contributed by atoms with van der Waals surface area (Å²) in [5, 5.41) is 9.37. The van der Waals surface area contributed by atoms with Gasteiger partial charge in [-0.05, 0) is 25.0 Å². The summed E-state index contributed by atoms with van der Waals surface area (Å²) in [5.74, 6) is 1.55. The van der Waals surface area contributed by atoms with Crippen molar-refractivity contribution >= 4 is 0 Å². The van der Waals surface area contributed by atoms with Crippen molar-refractivity contribution in [1.82, 2.24) is 0 Å². The molecule has 0 bridgehead atoms. The lowest BCUT2D eigenvalue weighted by atomic mass is 9.76. The molecule has 3 nitrogen and oxygen atoms in total. The second-order valence-electron chi connectivity index (χ2n) is 4.92. The molecule has 2 rings (SSSR count). The van der Waals surface area contributed by atoms with Crippen LogP contribution < -0.4 is 9.47 Å². The number of nitrogens with zero attached hydrogens (tertiary/aromatic N) is 1. The number of rotatable bonds is 4. The highest BCUT2D eigenvalue weighted by molar-refractivity contribution is 5.32. The molecular weight excluding hydrogens is 226 g/mol. The number of methoxy groups -OCH3 is 1. The third-order valence-corrected chi connectivity index (χ3v) is 3.60. The van der Waals surface area contributed by atoms with Crippen molar-refractivity contribution in [3.05, 3.63) is 24.3 Å². The van der Waals surface area contributed by atoms with E-state index in [0.29, 0.717) is 6.61 Å². The monoisotopic (exact) mass is 245 g/mol. The van der Waals surface area contributed by atoms with E-state index in [4.69, 9.17) is 9.47 Å². The maximum atomic E-state index is 9.37. The predicted molar refractivity (Wildman–Crippen MR) is 69.6 cm³/mol. The first-order valence-corrected chi connectivity index (χ1v) is 6.46. The minimum atomic E-state index is -0.290. The Hall–Kier alpha value is -1.69. The average molecular weight is 245 g/mol. The lowest BCUT2D eigenvalue weighted by Crippen LogP contribution is -2.29. The SMILES string of the molecule is COc1cccc(OCC2(C#N)CCCCC2)c1. The molecule has 18 heavy (non-hydrogen) atoms. The molecular formula is C15H19NO2. The number of nitriles is 1. The van der Waals surface area contributed by atoms with Gasteiger partial charge in [0.25, 0.3) is 0 Å². The first kappa shape index (κ1) is 12.8. The number of hydrogen-bond donors (Lipinski definition) is 0. The van der Waals surface area contributed by atoms with Gasteiger partial charge in [-0.3, -0.25) is 0 Å². The zero-order valence-electron chi connectivity index (χ0n) is 10.8.